The van der Waals surface area contributed by atoms with E-state index in [-0.39, 0.29) is 18.4 Å². The molecular formula is C28H30N2O2. The third-order valence-electron chi connectivity index (χ3n) is 6.15. The fraction of sp³-hybridized carbons (Fsp3) is 0.321. The Kier molecular flexibility index (Phi) is 5.38. The Morgan fingerprint density at radius 1 is 0.906 bits per heavy atom. The Balaban J connectivity index is 1.49. The SMILES string of the molecule is CC(C)Oc1ccc(C2=NN3[C@H](C2)c2ccccc2O[C@@H]3c2ccc(C(C)C)cc2)cc1. The third-order valence-corrected chi connectivity index (χ3v) is 6.15. The van der Waals surface area contributed by atoms with E-state index in [9.17, 15) is 0 Å². The molecule has 0 fully saturated rings. The Labute approximate surface area is 190 Å². The molecule has 2 heterocycles. The van der Waals surface area contributed by atoms with E-state index in [0.29, 0.717) is 5.92 Å². The second-order valence-corrected chi connectivity index (χ2v) is 9.17. The molecule has 0 saturated heterocycles. The van der Waals surface area contributed by atoms with Crippen LogP contribution in [0, 0.1) is 0 Å². The largest absolute Gasteiger partial charge is 0.491 e. The number of ether oxygens (including phenoxy) is 2. The van der Waals surface area contributed by atoms with Crippen LogP contribution in [-0.4, -0.2) is 16.8 Å². The maximum atomic E-state index is 6.48. The van der Waals surface area contributed by atoms with Gasteiger partial charge in [-0.15, -0.1) is 0 Å². The van der Waals surface area contributed by atoms with Gasteiger partial charge in [0.2, 0.25) is 6.23 Å². The predicted octanol–water partition coefficient (Wildman–Crippen LogP) is 6.84. The molecule has 0 spiro atoms. The van der Waals surface area contributed by atoms with Crippen molar-refractivity contribution in [2.75, 3.05) is 0 Å². The highest BCUT2D eigenvalue weighted by atomic mass is 16.5. The number of rotatable bonds is 5. The smallest absolute Gasteiger partial charge is 0.213 e. The minimum atomic E-state index is -0.239. The molecule has 4 nitrogen and oxygen atoms in total. The van der Waals surface area contributed by atoms with E-state index in [1.807, 2.05) is 32.0 Å². The van der Waals surface area contributed by atoms with Gasteiger partial charge in [0, 0.05) is 17.5 Å². The van der Waals surface area contributed by atoms with Crippen LogP contribution >= 0.6 is 0 Å². The first-order valence-electron chi connectivity index (χ1n) is 11.5. The van der Waals surface area contributed by atoms with Gasteiger partial charge in [-0.2, -0.15) is 5.10 Å². The summed E-state index contributed by atoms with van der Waals surface area (Å²) < 4.78 is 12.3. The van der Waals surface area contributed by atoms with Crippen molar-refractivity contribution < 1.29 is 9.47 Å². The molecule has 5 rings (SSSR count). The van der Waals surface area contributed by atoms with Crippen LogP contribution < -0.4 is 9.47 Å². The lowest BCUT2D eigenvalue weighted by Gasteiger charge is -2.38. The van der Waals surface area contributed by atoms with E-state index in [1.165, 1.54) is 11.1 Å². The summed E-state index contributed by atoms with van der Waals surface area (Å²) in [4.78, 5) is 0. The molecule has 3 aromatic rings. The van der Waals surface area contributed by atoms with E-state index in [0.717, 1.165) is 34.8 Å². The fourth-order valence-corrected chi connectivity index (χ4v) is 4.47. The summed E-state index contributed by atoms with van der Waals surface area (Å²) in [6.45, 7) is 8.51. The molecule has 0 radical (unpaired) electrons. The average molecular weight is 427 g/mol. The maximum Gasteiger partial charge on any atom is 0.213 e. The summed E-state index contributed by atoms with van der Waals surface area (Å²) in [6, 6.07) is 25.5. The van der Waals surface area contributed by atoms with Crippen molar-refractivity contribution in [2.45, 2.75) is 58.4 Å². The number of benzene rings is 3. The minimum Gasteiger partial charge on any atom is -0.491 e. The lowest BCUT2D eigenvalue weighted by atomic mass is 9.95. The van der Waals surface area contributed by atoms with Gasteiger partial charge >= 0.3 is 0 Å². The molecule has 0 unspecified atom stereocenters. The second kappa shape index (κ2) is 8.34. The van der Waals surface area contributed by atoms with Crippen LogP contribution in [0.2, 0.25) is 0 Å². The fourth-order valence-electron chi connectivity index (χ4n) is 4.47. The first-order valence-corrected chi connectivity index (χ1v) is 11.5. The summed E-state index contributed by atoms with van der Waals surface area (Å²) in [5, 5.41) is 7.21. The van der Waals surface area contributed by atoms with E-state index in [1.54, 1.807) is 0 Å². The van der Waals surface area contributed by atoms with Crippen LogP contribution in [0.25, 0.3) is 0 Å². The number of hydrogen-bond acceptors (Lipinski definition) is 4. The van der Waals surface area contributed by atoms with E-state index in [2.05, 4.69) is 73.5 Å². The van der Waals surface area contributed by atoms with Crippen molar-refractivity contribution in [1.29, 1.82) is 0 Å². The van der Waals surface area contributed by atoms with Crippen molar-refractivity contribution in [3.8, 4) is 11.5 Å². The predicted molar refractivity (Wildman–Crippen MR) is 128 cm³/mol. The summed E-state index contributed by atoms with van der Waals surface area (Å²) in [5.74, 6) is 2.34. The number of hydrogen-bond donors (Lipinski definition) is 0. The molecule has 2 atom stereocenters. The van der Waals surface area contributed by atoms with Crippen molar-refractivity contribution in [1.82, 2.24) is 5.01 Å². The van der Waals surface area contributed by atoms with Gasteiger partial charge in [0.15, 0.2) is 0 Å². The molecule has 0 N–H and O–H groups in total. The quantitative estimate of drug-likeness (QED) is 0.448. The van der Waals surface area contributed by atoms with Crippen LogP contribution in [0.5, 0.6) is 11.5 Å². The van der Waals surface area contributed by atoms with Gasteiger partial charge in [-0.05, 0) is 61.2 Å². The van der Waals surface area contributed by atoms with Crippen LogP contribution in [0.15, 0.2) is 77.9 Å². The van der Waals surface area contributed by atoms with Gasteiger partial charge in [0.1, 0.15) is 11.5 Å². The van der Waals surface area contributed by atoms with E-state index >= 15 is 0 Å². The summed E-state index contributed by atoms with van der Waals surface area (Å²) >= 11 is 0. The first kappa shape index (κ1) is 20.6. The molecule has 32 heavy (non-hydrogen) atoms. The lowest BCUT2D eigenvalue weighted by molar-refractivity contribution is -0.0190. The molecule has 3 aromatic carbocycles. The van der Waals surface area contributed by atoms with Crippen molar-refractivity contribution >= 4 is 5.71 Å². The van der Waals surface area contributed by atoms with Gasteiger partial charge in [0.25, 0.3) is 0 Å². The van der Waals surface area contributed by atoms with Crippen molar-refractivity contribution in [3.05, 3.63) is 95.1 Å². The lowest BCUT2D eigenvalue weighted by Crippen LogP contribution is -2.33. The van der Waals surface area contributed by atoms with Crippen LogP contribution in [0.1, 0.15) is 74.6 Å². The standard InChI is InChI=1S/C28H30N2O2/c1-18(2)20-9-11-22(12-10-20)28-30-26(24-7-5-6-8-27(24)32-28)17-25(29-30)21-13-15-23(16-14-21)31-19(3)4/h5-16,18-19,26,28H,17H2,1-4H3/t26-,28-/m1/s1. The Morgan fingerprint density at radius 3 is 2.31 bits per heavy atom. The molecule has 0 saturated carbocycles. The molecule has 0 aromatic heterocycles. The zero-order valence-electron chi connectivity index (χ0n) is 19.2. The average Bonchev–Trinajstić information content (AvgIpc) is 3.24. The van der Waals surface area contributed by atoms with Crippen LogP contribution in [-0.2, 0) is 0 Å². The number of para-hydroxylation sites is 1. The minimum absolute atomic E-state index is 0.162. The van der Waals surface area contributed by atoms with Crippen molar-refractivity contribution in [3.63, 3.8) is 0 Å². The molecule has 4 heteroatoms. The van der Waals surface area contributed by atoms with Gasteiger partial charge in [-0.1, -0.05) is 56.3 Å². The molecular weight excluding hydrogens is 396 g/mol. The highest BCUT2D eigenvalue weighted by molar-refractivity contribution is 6.02. The molecule has 164 valence electrons. The van der Waals surface area contributed by atoms with Crippen LogP contribution in [0.3, 0.4) is 0 Å². The second-order valence-electron chi connectivity index (χ2n) is 9.17. The molecule has 0 amide bonds. The van der Waals surface area contributed by atoms with E-state index < -0.39 is 0 Å². The molecule has 2 aliphatic heterocycles. The molecule has 0 bridgehead atoms. The Morgan fingerprint density at radius 2 is 1.62 bits per heavy atom. The summed E-state index contributed by atoms with van der Waals surface area (Å²) in [6.07, 6.45) is 0.776. The summed E-state index contributed by atoms with van der Waals surface area (Å²) in [7, 11) is 0. The normalized spacial score (nSPS) is 19.4. The zero-order chi connectivity index (χ0) is 22.2. The molecule has 0 aliphatic carbocycles. The highest BCUT2D eigenvalue weighted by Crippen LogP contribution is 2.47. The number of nitrogens with zero attached hydrogens (tertiary/aromatic N) is 2. The number of hydrazone groups is 1. The van der Waals surface area contributed by atoms with Gasteiger partial charge in [-0.25, -0.2) is 5.01 Å². The topological polar surface area (TPSA) is 34.1 Å². The van der Waals surface area contributed by atoms with E-state index in [4.69, 9.17) is 14.6 Å². The Hall–Kier alpha value is -3.27. The Bertz CT molecular complexity index is 1120. The van der Waals surface area contributed by atoms with Gasteiger partial charge < -0.3 is 9.47 Å². The third kappa shape index (κ3) is 3.86. The first-order chi connectivity index (χ1) is 15.5. The number of fused-ring (bicyclic) bond motifs is 3. The van der Waals surface area contributed by atoms with Gasteiger partial charge in [-0.3, -0.25) is 0 Å². The monoisotopic (exact) mass is 426 g/mol. The van der Waals surface area contributed by atoms with Crippen molar-refractivity contribution in [2.24, 2.45) is 5.10 Å². The highest BCUT2D eigenvalue weighted by Gasteiger charge is 2.40. The summed E-state index contributed by atoms with van der Waals surface area (Å²) in [5.41, 5.74) is 5.86. The zero-order valence-corrected chi connectivity index (χ0v) is 19.2. The maximum absolute atomic E-state index is 6.48. The van der Waals surface area contributed by atoms with Crippen LogP contribution in [0.4, 0.5) is 0 Å². The molecule has 2 aliphatic rings. The van der Waals surface area contributed by atoms with Gasteiger partial charge in [0.05, 0.1) is 17.9 Å².